The zero-order valence-corrected chi connectivity index (χ0v) is 17.6. The van der Waals surface area contributed by atoms with Crippen LogP contribution in [-0.2, 0) is 4.79 Å². The average molecular weight is 420 g/mol. The van der Waals surface area contributed by atoms with E-state index in [-0.39, 0.29) is 12.1 Å². The van der Waals surface area contributed by atoms with Gasteiger partial charge in [-0.05, 0) is 38.4 Å². The molecule has 0 saturated heterocycles. The Morgan fingerprint density at radius 3 is 2.71 bits per heavy atom. The first kappa shape index (κ1) is 22.0. The fourth-order valence-corrected chi connectivity index (χ4v) is 3.11. The summed E-state index contributed by atoms with van der Waals surface area (Å²) < 4.78 is 7.02. The molecule has 0 aliphatic rings. The van der Waals surface area contributed by atoms with Crippen LogP contribution in [0.2, 0.25) is 0 Å². The fraction of sp³-hybridized carbons (Fsp3) is 0.261. The molecule has 0 aliphatic carbocycles. The van der Waals surface area contributed by atoms with Crippen molar-refractivity contribution in [1.82, 2.24) is 14.7 Å². The number of aliphatic hydroxyl groups is 1. The van der Waals surface area contributed by atoms with E-state index in [4.69, 9.17) is 10.5 Å². The molecule has 0 bridgehead atoms. The van der Waals surface area contributed by atoms with Crippen LogP contribution in [0, 0.1) is 11.8 Å². The summed E-state index contributed by atoms with van der Waals surface area (Å²) in [6.45, 7) is 0.513. The molecule has 0 spiro atoms. The zero-order valence-electron chi connectivity index (χ0n) is 17.6. The molecule has 0 aliphatic heterocycles. The van der Waals surface area contributed by atoms with Crippen LogP contribution in [0.1, 0.15) is 22.5 Å². The predicted molar refractivity (Wildman–Crippen MR) is 117 cm³/mol. The van der Waals surface area contributed by atoms with Gasteiger partial charge in [0.1, 0.15) is 11.3 Å². The van der Waals surface area contributed by atoms with E-state index in [1.807, 2.05) is 19.0 Å². The largest absolute Gasteiger partial charge is 0.494 e. The van der Waals surface area contributed by atoms with Crippen molar-refractivity contribution >= 4 is 23.1 Å². The zero-order chi connectivity index (χ0) is 22.6. The first-order chi connectivity index (χ1) is 14.8. The number of carbonyl (C=O) groups is 2. The minimum atomic E-state index is -1.74. The van der Waals surface area contributed by atoms with Crippen LogP contribution < -0.4 is 10.5 Å². The number of carbonyl (C=O) groups excluding carboxylic acids is 2. The molecule has 1 heterocycles. The number of fused-ring (bicyclic) bond motifs is 1. The number of hydrogen-bond acceptors (Lipinski definition) is 6. The molecule has 31 heavy (non-hydrogen) atoms. The minimum Gasteiger partial charge on any atom is -0.494 e. The molecule has 1 aromatic heterocycles. The summed E-state index contributed by atoms with van der Waals surface area (Å²) >= 11 is 0. The molecule has 8 heteroatoms. The molecule has 0 radical (unpaired) electrons. The summed E-state index contributed by atoms with van der Waals surface area (Å²) in [5.41, 5.74) is 5.69. The lowest BCUT2D eigenvalue weighted by Gasteiger charge is -2.17. The minimum absolute atomic E-state index is 0.129. The topological polar surface area (TPSA) is 111 Å². The third kappa shape index (κ3) is 4.74. The van der Waals surface area contributed by atoms with Crippen molar-refractivity contribution < 1.29 is 19.4 Å². The number of rotatable bonds is 7. The van der Waals surface area contributed by atoms with Gasteiger partial charge < -0.3 is 20.5 Å². The average Bonchev–Trinajstić information content (AvgIpc) is 3.17. The third-order valence-corrected chi connectivity index (χ3v) is 4.77. The first-order valence-electron chi connectivity index (χ1n) is 9.60. The van der Waals surface area contributed by atoms with Gasteiger partial charge in [-0.15, -0.1) is 0 Å². The third-order valence-electron chi connectivity index (χ3n) is 4.77. The van der Waals surface area contributed by atoms with Gasteiger partial charge in [-0.3, -0.25) is 9.59 Å². The second-order valence-electron chi connectivity index (χ2n) is 7.38. The van der Waals surface area contributed by atoms with Crippen molar-refractivity contribution in [2.45, 2.75) is 12.0 Å². The number of primary amides is 1. The van der Waals surface area contributed by atoms with E-state index in [9.17, 15) is 14.7 Å². The molecule has 0 fully saturated rings. The number of methoxy groups -OCH3 is 1. The second-order valence-corrected chi connectivity index (χ2v) is 7.38. The van der Waals surface area contributed by atoms with Crippen LogP contribution in [-0.4, -0.2) is 65.3 Å². The molecule has 3 rings (SSSR count). The van der Waals surface area contributed by atoms with Crippen LogP contribution >= 0.6 is 0 Å². The summed E-state index contributed by atoms with van der Waals surface area (Å²) in [6.07, 6.45) is 0.650. The molecule has 3 N–H and O–H groups in total. The Kier molecular flexibility index (Phi) is 6.39. The lowest BCUT2D eigenvalue weighted by molar-refractivity contribution is -0.119. The van der Waals surface area contributed by atoms with Gasteiger partial charge >= 0.3 is 0 Å². The highest BCUT2D eigenvalue weighted by molar-refractivity contribution is 6.06. The van der Waals surface area contributed by atoms with Crippen LogP contribution in [0.15, 0.2) is 42.5 Å². The van der Waals surface area contributed by atoms with Gasteiger partial charge in [0, 0.05) is 23.9 Å². The maximum Gasteiger partial charge on any atom is 0.269 e. The SMILES string of the molecule is COc1cccc2c(C(N)=O)nn(-c3cccc(C#CC(O)(C=O)CCN(C)C)c3)c12. The summed E-state index contributed by atoms with van der Waals surface area (Å²) in [6, 6.07) is 12.3. The first-order valence-corrected chi connectivity index (χ1v) is 9.60. The molecule has 0 saturated carbocycles. The van der Waals surface area contributed by atoms with Crippen LogP contribution in [0.4, 0.5) is 0 Å². The van der Waals surface area contributed by atoms with Gasteiger partial charge in [0.05, 0.1) is 12.8 Å². The van der Waals surface area contributed by atoms with E-state index in [2.05, 4.69) is 16.9 Å². The molecule has 1 atom stereocenters. The molecular weight excluding hydrogens is 396 g/mol. The number of hydrogen-bond donors (Lipinski definition) is 2. The molecular formula is C23H24N4O4. The predicted octanol–water partition coefficient (Wildman–Crippen LogP) is 1.37. The van der Waals surface area contributed by atoms with Crippen molar-refractivity contribution in [2.24, 2.45) is 5.73 Å². The number of ether oxygens (including phenoxy) is 1. The quantitative estimate of drug-likeness (QED) is 0.441. The molecule has 1 amide bonds. The Balaban J connectivity index is 2.06. The Morgan fingerprint density at radius 2 is 2.06 bits per heavy atom. The number of amides is 1. The van der Waals surface area contributed by atoms with Crippen molar-refractivity contribution in [3.8, 4) is 23.3 Å². The van der Waals surface area contributed by atoms with E-state index in [0.717, 1.165) is 0 Å². The number of aromatic nitrogens is 2. The van der Waals surface area contributed by atoms with E-state index in [1.165, 1.54) is 7.11 Å². The van der Waals surface area contributed by atoms with E-state index in [1.54, 1.807) is 47.1 Å². The number of benzene rings is 2. The normalized spacial score (nSPS) is 12.8. The van der Waals surface area contributed by atoms with Gasteiger partial charge in [-0.25, -0.2) is 4.68 Å². The molecule has 3 aromatic rings. The van der Waals surface area contributed by atoms with E-state index < -0.39 is 11.5 Å². The number of aldehydes is 1. The smallest absolute Gasteiger partial charge is 0.269 e. The Bertz CT molecular complexity index is 1190. The van der Waals surface area contributed by atoms with Crippen LogP contribution in [0.5, 0.6) is 5.75 Å². The summed E-state index contributed by atoms with van der Waals surface area (Å²) in [5.74, 6) is 5.41. The number of para-hydroxylation sites is 1. The van der Waals surface area contributed by atoms with Gasteiger partial charge in [-0.1, -0.05) is 30.0 Å². The Labute approximate surface area is 180 Å². The fourth-order valence-electron chi connectivity index (χ4n) is 3.11. The standard InChI is InChI=1S/C23H24N4O4/c1-26(2)13-12-23(30,15-28)11-10-16-6-4-7-17(14-16)27-21-18(20(25-27)22(24)29)8-5-9-19(21)31-3/h4-9,14-15,30H,12-13H2,1-3H3,(H2,24,29). The molecule has 160 valence electrons. The maximum atomic E-state index is 11.9. The monoisotopic (exact) mass is 420 g/mol. The van der Waals surface area contributed by atoms with Gasteiger partial charge in [0.15, 0.2) is 17.6 Å². The second kappa shape index (κ2) is 9.00. The van der Waals surface area contributed by atoms with Gasteiger partial charge in [0.2, 0.25) is 0 Å². The molecule has 8 nitrogen and oxygen atoms in total. The molecule has 2 aromatic carbocycles. The maximum absolute atomic E-state index is 11.9. The highest BCUT2D eigenvalue weighted by Crippen LogP contribution is 2.30. The van der Waals surface area contributed by atoms with E-state index in [0.29, 0.717) is 40.7 Å². The number of nitrogens with two attached hydrogens (primary N) is 1. The number of nitrogens with zero attached hydrogens (tertiary/aromatic N) is 3. The molecule has 1 unspecified atom stereocenters. The van der Waals surface area contributed by atoms with Crippen molar-refractivity contribution in [2.75, 3.05) is 27.7 Å². The Hall–Kier alpha value is -3.67. The lowest BCUT2D eigenvalue weighted by Crippen LogP contribution is -2.33. The highest BCUT2D eigenvalue weighted by Gasteiger charge is 2.23. The van der Waals surface area contributed by atoms with Crippen LogP contribution in [0.25, 0.3) is 16.6 Å². The summed E-state index contributed by atoms with van der Waals surface area (Å²) in [7, 11) is 5.24. The van der Waals surface area contributed by atoms with Crippen molar-refractivity contribution in [3.05, 3.63) is 53.7 Å². The summed E-state index contributed by atoms with van der Waals surface area (Å²) in [5, 5.41) is 15.4. The van der Waals surface area contributed by atoms with Crippen molar-refractivity contribution in [1.29, 1.82) is 0 Å². The van der Waals surface area contributed by atoms with Crippen molar-refractivity contribution in [3.63, 3.8) is 0 Å². The van der Waals surface area contributed by atoms with Gasteiger partial charge in [0.25, 0.3) is 5.91 Å². The van der Waals surface area contributed by atoms with Gasteiger partial charge in [-0.2, -0.15) is 5.10 Å². The lowest BCUT2D eigenvalue weighted by atomic mass is 10.0. The van der Waals surface area contributed by atoms with Crippen LogP contribution in [0.3, 0.4) is 0 Å². The summed E-state index contributed by atoms with van der Waals surface area (Å²) in [4.78, 5) is 25.2. The Morgan fingerprint density at radius 1 is 1.32 bits per heavy atom. The highest BCUT2D eigenvalue weighted by atomic mass is 16.5. The van der Waals surface area contributed by atoms with E-state index >= 15 is 0 Å².